The number of nitrogens with one attached hydrogen (secondary N) is 1. The molecule has 0 heterocycles. The van der Waals surface area contributed by atoms with Gasteiger partial charge in [0.15, 0.2) is 0 Å². The average Bonchev–Trinajstić information content (AvgIpc) is 2.30. The summed E-state index contributed by atoms with van der Waals surface area (Å²) < 4.78 is 0. The van der Waals surface area contributed by atoms with Crippen molar-refractivity contribution in [1.29, 1.82) is 10.5 Å². The van der Waals surface area contributed by atoms with E-state index in [9.17, 15) is 0 Å². The zero-order valence-electron chi connectivity index (χ0n) is 9.21. The van der Waals surface area contributed by atoms with Crippen LogP contribution in [0.1, 0.15) is 45.4 Å². The Bertz CT molecular complexity index is 311. The van der Waals surface area contributed by atoms with Crippen LogP contribution in [0.5, 0.6) is 0 Å². The number of allylic oxidation sites excluding steroid dienone is 2. The Kier molecular flexibility index (Phi) is 4.71. The van der Waals surface area contributed by atoms with Gasteiger partial charge < -0.3 is 5.32 Å². The molecule has 0 unspecified atom stereocenters. The summed E-state index contributed by atoms with van der Waals surface area (Å²) in [6.07, 6.45) is 6.61. The van der Waals surface area contributed by atoms with Gasteiger partial charge in [-0.3, -0.25) is 0 Å². The van der Waals surface area contributed by atoms with Gasteiger partial charge in [-0.15, -0.1) is 0 Å². The molecule has 1 saturated carbocycles. The van der Waals surface area contributed by atoms with E-state index in [0.717, 1.165) is 12.8 Å². The van der Waals surface area contributed by atoms with E-state index >= 15 is 0 Å². The molecule has 1 N–H and O–H groups in total. The number of hydrogen-bond donors (Lipinski definition) is 1. The van der Waals surface area contributed by atoms with Crippen molar-refractivity contribution in [3.05, 3.63) is 11.3 Å². The van der Waals surface area contributed by atoms with Gasteiger partial charge in [0.2, 0.25) is 0 Å². The van der Waals surface area contributed by atoms with E-state index < -0.39 is 0 Å². The van der Waals surface area contributed by atoms with Gasteiger partial charge in [0.1, 0.15) is 11.8 Å². The van der Waals surface area contributed by atoms with Gasteiger partial charge in [-0.05, 0) is 19.3 Å². The van der Waals surface area contributed by atoms with Crippen molar-refractivity contribution < 1.29 is 0 Å². The van der Waals surface area contributed by atoms with Crippen molar-refractivity contribution in [2.24, 2.45) is 0 Å². The molecule has 3 heteroatoms. The van der Waals surface area contributed by atoms with E-state index in [1.165, 1.54) is 19.3 Å². The maximum atomic E-state index is 8.97. The molecular formula is C12H17N3. The lowest BCUT2D eigenvalue weighted by Gasteiger charge is -2.23. The molecule has 0 saturated heterocycles. The summed E-state index contributed by atoms with van der Waals surface area (Å²) in [5, 5.41) is 21.0. The fourth-order valence-electron chi connectivity index (χ4n) is 1.95. The predicted molar refractivity (Wildman–Crippen MR) is 58.6 cm³/mol. The third-order valence-electron chi connectivity index (χ3n) is 2.86. The van der Waals surface area contributed by atoms with E-state index in [2.05, 4.69) is 17.5 Å². The summed E-state index contributed by atoms with van der Waals surface area (Å²) in [5.74, 6) is 0. The van der Waals surface area contributed by atoms with Crippen molar-refractivity contribution in [2.75, 3.05) is 0 Å². The lowest BCUT2D eigenvalue weighted by atomic mass is 9.95. The molecule has 1 aliphatic carbocycles. The summed E-state index contributed by atoms with van der Waals surface area (Å²) in [4.78, 5) is 0. The van der Waals surface area contributed by atoms with E-state index in [1.54, 1.807) is 0 Å². The monoisotopic (exact) mass is 203 g/mol. The van der Waals surface area contributed by atoms with Gasteiger partial charge in [0.25, 0.3) is 0 Å². The van der Waals surface area contributed by atoms with Crippen molar-refractivity contribution in [2.45, 2.75) is 51.5 Å². The van der Waals surface area contributed by atoms with Crippen LogP contribution < -0.4 is 5.32 Å². The van der Waals surface area contributed by atoms with Crippen LogP contribution in [-0.2, 0) is 0 Å². The Labute approximate surface area is 91.4 Å². The van der Waals surface area contributed by atoms with E-state index in [4.69, 9.17) is 10.5 Å². The van der Waals surface area contributed by atoms with Crippen LogP contribution in [0.3, 0.4) is 0 Å². The van der Waals surface area contributed by atoms with Gasteiger partial charge in [-0.25, -0.2) is 0 Å². The Morgan fingerprint density at radius 2 is 1.87 bits per heavy atom. The quantitative estimate of drug-likeness (QED) is 0.717. The number of hydrogen-bond acceptors (Lipinski definition) is 3. The third kappa shape index (κ3) is 3.29. The van der Waals surface area contributed by atoms with Gasteiger partial charge in [-0.1, -0.05) is 26.2 Å². The Morgan fingerprint density at radius 1 is 1.20 bits per heavy atom. The SMILES string of the molecule is CC/C(C#N)=C(/C#N)NC1CCCCC1. The Hall–Kier alpha value is -1.48. The summed E-state index contributed by atoms with van der Waals surface area (Å²) in [7, 11) is 0. The van der Waals surface area contributed by atoms with Gasteiger partial charge in [-0.2, -0.15) is 10.5 Å². The van der Waals surface area contributed by atoms with Crippen LogP contribution in [0.15, 0.2) is 11.3 Å². The van der Waals surface area contributed by atoms with Crippen molar-refractivity contribution in [1.82, 2.24) is 5.32 Å². The fourth-order valence-corrected chi connectivity index (χ4v) is 1.95. The molecule has 15 heavy (non-hydrogen) atoms. The zero-order chi connectivity index (χ0) is 11.1. The first-order valence-corrected chi connectivity index (χ1v) is 5.61. The van der Waals surface area contributed by atoms with Crippen LogP contribution in [0.4, 0.5) is 0 Å². The molecule has 0 aromatic rings. The molecule has 0 atom stereocenters. The first kappa shape index (κ1) is 11.6. The van der Waals surface area contributed by atoms with Crippen molar-refractivity contribution in [3.63, 3.8) is 0 Å². The second kappa shape index (κ2) is 6.09. The minimum absolute atomic E-state index is 0.392. The van der Waals surface area contributed by atoms with Gasteiger partial charge in [0, 0.05) is 6.04 Å². The maximum absolute atomic E-state index is 8.97. The van der Waals surface area contributed by atoms with Crippen LogP contribution in [-0.4, -0.2) is 6.04 Å². The van der Waals surface area contributed by atoms with Crippen LogP contribution in [0.2, 0.25) is 0 Å². The minimum atomic E-state index is 0.392. The Balaban J connectivity index is 2.65. The van der Waals surface area contributed by atoms with Gasteiger partial charge in [0.05, 0.1) is 11.6 Å². The molecule has 3 nitrogen and oxygen atoms in total. The van der Waals surface area contributed by atoms with E-state index in [0.29, 0.717) is 23.7 Å². The molecule has 1 fully saturated rings. The van der Waals surface area contributed by atoms with Gasteiger partial charge >= 0.3 is 0 Å². The average molecular weight is 203 g/mol. The summed E-state index contributed by atoms with van der Waals surface area (Å²) in [5.41, 5.74) is 1.05. The normalized spacial score (nSPS) is 18.6. The highest BCUT2D eigenvalue weighted by Crippen LogP contribution is 2.19. The molecule has 1 rings (SSSR count). The number of rotatable bonds is 3. The molecule has 1 aliphatic rings. The predicted octanol–water partition coefficient (Wildman–Crippen LogP) is 2.62. The van der Waals surface area contributed by atoms with Crippen LogP contribution >= 0.6 is 0 Å². The largest absolute Gasteiger partial charge is 0.373 e. The topological polar surface area (TPSA) is 59.6 Å². The second-order valence-electron chi connectivity index (χ2n) is 3.91. The molecule has 0 spiro atoms. The second-order valence-corrected chi connectivity index (χ2v) is 3.91. The standard InChI is InChI=1S/C12H17N3/c1-2-10(8-13)12(9-14)15-11-6-4-3-5-7-11/h11,15H,2-7H2,1H3/b12-10+. The molecule has 0 aromatic carbocycles. The molecule has 0 aromatic heterocycles. The summed E-state index contributed by atoms with van der Waals surface area (Å²) in [6, 6.07) is 4.58. The van der Waals surface area contributed by atoms with Crippen LogP contribution in [0, 0.1) is 22.7 Å². The summed E-state index contributed by atoms with van der Waals surface area (Å²) in [6.45, 7) is 1.90. The smallest absolute Gasteiger partial charge is 0.127 e. The molecule has 0 aliphatic heterocycles. The first-order valence-electron chi connectivity index (χ1n) is 5.61. The lowest BCUT2D eigenvalue weighted by molar-refractivity contribution is 0.399. The van der Waals surface area contributed by atoms with E-state index in [1.807, 2.05) is 6.92 Å². The van der Waals surface area contributed by atoms with Crippen LogP contribution in [0.25, 0.3) is 0 Å². The molecule has 0 radical (unpaired) electrons. The number of nitriles is 2. The lowest BCUT2D eigenvalue weighted by Crippen LogP contribution is -2.30. The zero-order valence-corrected chi connectivity index (χ0v) is 9.21. The first-order chi connectivity index (χ1) is 7.31. The Morgan fingerprint density at radius 3 is 2.33 bits per heavy atom. The molecule has 80 valence electrons. The molecular weight excluding hydrogens is 186 g/mol. The number of nitrogens with zero attached hydrogens (tertiary/aromatic N) is 2. The fraction of sp³-hybridized carbons (Fsp3) is 0.667. The highest BCUT2D eigenvalue weighted by molar-refractivity contribution is 5.35. The van der Waals surface area contributed by atoms with Crippen molar-refractivity contribution >= 4 is 0 Å². The highest BCUT2D eigenvalue weighted by atomic mass is 14.9. The molecule has 0 bridgehead atoms. The highest BCUT2D eigenvalue weighted by Gasteiger charge is 2.15. The maximum Gasteiger partial charge on any atom is 0.127 e. The van der Waals surface area contributed by atoms with Crippen molar-refractivity contribution in [3.8, 4) is 12.1 Å². The summed E-state index contributed by atoms with van der Waals surface area (Å²) >= 11 is 0. The third-order valence-corrected chi connectivity index (χ3v) is 2.86. The molecule has 0 amide bonds. The minimum Gasteiger partial charge on any atom is -0.373 e. The van der Waals surface area contributed by atoms with E-state index in [-0.39, 0.29) is 0 Å².